The molecular weight excluding hydrogens is 262 g/mol. The van der Waals surface area contributed by atoms with E-state index < -0.39 is 0 Å². The summed E-state index contributed by atoms with van der Waals surface area (Å²) < 4.78 is 0. The molecule has 0 N–H and O–H groups in total. The van der Waals surface area contributed by atoms with Gasteiger partial charge in [-0.2, -0.15) is 0 Å². The predicted molar refractivity (Wildman–Crippen MR) is 76.6 cm³/mol. The van der Waals surface area contributed by atoms with Crippen LogP contribution in [-0.2, 0) is 4.79 Å². The number of halogens is 1. The number of carbonyl (C=O) groups is 1. The van der Waals surface area contributed by atoms with Crippen molar-refractivity contribution in [2.24, 2.45) is 0 Å². The van der Waals surface area contributed by atoms with Gasteiger partial charge in [-0.25, -0.2) is 4.98 Å². The van der Waals surface area contributed by atoms with Crippen LogP contribution >= 0.6 is 11.6 Å². The molecule has 0 saturated carbocycles. The summed E-state index contributed by atoms with van der Waals surface area (Å²) >= 11 is 5.95. The van der Waals surface area contributed by atoms with Gasteiger partial charge in [0.05, 0.1) is 12.1 Å². The van der Waals surface area contributed by atoms with Crippen molar-refractivity contribution in [1.29, 1.82) is 0 Å². The van der Waals surface area contributed by atoms with E-state index in [1.807, 2.05) is 42.3 Å². The number of hydrogen-bond donors (Lipinski definition) is 0. The van der Waals surface area contributed by atoms with E-state index in [-0.39, 0.29) is 5.91 Å². The van der Waals surface area contributed by atoms with Crippen LogP contribution in [0.2, 0.25) is 5.02 Å². The Kier molecular flexibility index (Phi) is 3.03. The minimum Gasteiger partial charge on any atom is -0.346 e. The molecule has 0 radical (unpaired) electrons. The molecule has 98 valence electrons. The second-order valence-electron chi connectivity index (χ2n) is 4.74. The lowest BCUT2D eigenvalue weighted by molar-refractivity contribution is -0.129. The minimum atomic E-state index is 0.129. The summed E-state index contributed by atoms with van der Waals surface area (Å²) in [7, 11) is 1.83. The van der Waals surface area contributed by atoms with Crippen LogP contribution in [0.5, 0.6) is 0 Å². The fraction of sp³-hybridized carbons (Fsp3) is 0.286. The highest BCUT2D eigenvalue weighted by Gasteiger charge is 2.21. The van der Waals surface area contributed by atoms with Crippen LogP contribution < -0.4 is 4.90 Å². The standard InChI is InChI=1S/C14H14ClN3O/c1-17-6-7-18(9-14(17)19)13-5-2-10-8-11(15)3-4-12(10)16-13/h2-5,8H,6-7,9H2,1H3. The van der Waals surface area contributed by atoms with E-state index >= 15 is 0 Å². The Morgan fingerprint density at radius 1 is 1.21 bits per heavy atom. The third-order valence-corrected chi connectivity index (χ3v) is 3.65. The first-order valence-corrected chi connectivity index (χ1v) is 6.56. The molecule has 1 aromatic heterocycles. The molecule has 2 heterocycles. The van der Waals surface area contributed by atoms with Gasteiger partial charge < -0.3 is 9.80 Å². The van der Waals surface area contributed by atoms with E-state index in [1.54, 1.807) is 4.90 Å². The van der Waals surface area contributed by atoms with Gasteiger partial charge in [0.1, 0.15) is 5.82 Å². The number of amides is 1. The number of pyridine rings is 1. The van der Waals surface area contributed by atoms with Crippen LogP contribution in [0.1, 0.15) is 0 Å². The predicted octanol–water partition coefficient (Wildman–Crippen LogP) is 2.17. The summed E-state index contributed by atoms with van der Waals surface area (Å²) in [6.07, 6.45) is 0. The first-order valence-electron chi connectivity index (χ1n) is 6.19. The third-order valence-electron chi connectivity index (χ3n) is 3.42. The Morgan fingerprint density at radius 3 is 2.84 bits per heavy atom. The molecule has 5 heteroatoms. The molecule has 0 bridgehead atoms. The summed E-state index contributed by atoms with van der Waals surface area (Å²) in [6.45, 7) is 1.94. The minimum absolute atomic E-state index is 0.129. The molecule has 0 atom stereocenters. The molecule has 0 spiro atoms. The zero-order valence-electron chi connectivity index (χ0n) is 10.6. The number of hydrogen-bond acceptors (Lipinski definition) is 3. The maximum atomic E-state index is 11.7. The number of fused-ring (bicyclic) bond motifs is 1. The fourth-order valence-corrected chi connectivity index (χ4v) is 2.40. The molecule has 0 aliphatic carbocycles. The molecule has 3 rings (SSSR count). The molecular formula is C14H14ClN3O. The molecule has 2 aromatic rings. The first-order chi connectivity index (χ1) is 9.13. The fourth-order valence-electron chi connectivity index (χ4n) is 2.22. The number of rotatable bonds is 1. The van der Waals surface area contributed by atoms with Crippen molar-refractivity contribution >= 4 is 34.2 Å². The van der Waals surface area contributed by atoms with Crippen LogP contribution in [0.4, 0.5) is 5.82 Å². The SMILES string of the molecule is CN1CCN(c2ccc3cc(Cl)ccc3n2)CC1=O. The van der Waals surface area contributed by atoms with E-state index in [4.69, 9.17) is 11.6 Å². The van der Waals surface area contributed by atoms with Crippen LogP contribution in [-0.4, -0.2) is 42.5 Å². The number of anilines is 1. The van der Waals surface area contributed by atoms with Crippen molar-refractivity contribution in [1.82, 2.24) is 9.88 Å². The van der Waals surface area contributed by atoms with Crippen molar-refractivity contribution in [2.75, 3.05) is 31.6 Å². The zero-order valence-corrected chi connectivity index (χ0v) is 11.4. The number of likely N-dealkylation sites (N-methyl/N-ethyl adjacent to an activating group) is 1. The van der Waals surface area contributed by atoms with E-state index in [0.29, 0.717) is 11.6 Å². The zero-order chi connectivity index (χ0) is 13.4. The molecule has 1 aromatic carbocycles. The van der Waals surface area contributed by atoms with E-state index in [0.717, 1.165) is 29.8 Å². The van der Waals surface area contributed by atoms with Crippen LogP contribution in [0, 0.1) is 0 Å². The molecule has 1 aliphatic rings. The van der Waals surface area contributed by atoms with Crippen molar-refractivity contribution in [3.05, 3.63) is 35.4 Å². The highest BCUT2D eigenvalue weighted by Crippen LogP contribution is 2.22. The Morgan fingerprint density at radius 2 is 2.05 bits per heavy atom. The molecule has 19 heavy (non-hydrogen) atoms. The largest absolute Gasteiger partial charge is 0.346 e. The van der Waals surface area contributed by atoms with E-state index in [2.05, 4.69) is 4.98 Å². The average Bonchev–Trinajstić information content (AvgIpc) is 2.41. The highest BCUT2D eigenvalue weighted by atomic mass is 35.5. The Bertz CT molecular complexity index is 644. The third kappa shape index (κ3) is 2.36. The van der Waals surface area contributed by atoms with Crippen molar-refractivity contribution in [2.45, 2.75) is 0 Å². The first kappa shape index (κ1) is 12.2. The van der Waals surface area contributed by atoms with Gasteiger partial charge in [-0.3, -0.25) is 4.79 Å². The lowest BCUT2D eigenvalue weighted by Crippen LogP contribution is -2.48. The van der Waals surface area contributed by atoms with Crippen LogP contribution in [0.25, 0.3) is 10.9 Å². The van der Waals surface area contributed by atoms with Crippen molar-refractivity contribution < 1.29 is 4.79 Å². The van der Waals surface area contributed by atoms with Gasteiger partial charge in [-0.1, -0.05) is 11.6 Å². The van der Waals surface area contributed by atoms with Gasteiger partial charge >= 0.3 is 0 Å². The summed E-state index contributed by atoms with van der Waals surface area (Å²) in [5.41, 5.74) is 0.897. The van der Waals surface area contributed by atoms with E-state index in [1.165, 1.54) is 0 Å². The van der Waals surface area contributed by atoms with Gasteiger partial charge in [0.15, 0.2) is 0 Å². The Labute approximate surface area is 116 Å². The molecule has 0 unspecified atom stereocenters. The normalized spacial score (nSPS) is 16.2. The molecule has 1 aliphatic heterocycles. The summed E-state index contributed by atoms with van der Waals surface area (Å²) in [5, 5.41) is 1.72. The van der Waals surface area contributed by atoms with Gasteiger partial charge in [0, 0.05) is 30.5 Å². The number of benzene rings is 1. The molecule has 1 saturated heterocycles. The maximum Gasteiger partial charge on any atom is 0.241 e. The van der Waals surface area contributed by atoms with Crippen molar-refractivity contribution in [3.8, 4) is 0 Å². The Hall–Kier alpha value is -1.81. The molecule has 4 nitrogen and oxygen atoms in total. The lowest BCUT2D eigenvalue weighted by atomic mass is 10.2. The molecule has 1 fully saturated rings. The van der Waals surface area contributed by atoms with Crippen LogP contribution in [0.3, 0.4) is 0 Å². The molecule has 1 amide bonds. The van der Waals surface area contributed by atoms with Crippen LogP contribution in [0.15, 0.2) is 30.3 Å². The maximum absolute atomic E-state index is 11.7. The lowest BCUT2D eigenvalue weighted by Gasteiger charge is -2.32. The monoisotopic (exact) mass is 275 g/mol. The average molecular weight is 276 g/mol. The van der Waals surface area contributed by atoms with Gasteiger partial charge in [-0.15, -0.1) is 0 Å². The van der Waals surface area contributed by atoms with Gasteiger partial charge in [0.25, 0.3) is 0 Å². The smallest absolute Gasteiger partial charge is 0.241 e. The quantitative estimate of drug-likeness (QED) is 0.800. The summed E-state index contributed by atoms with van der Waals surface area (Å²) in [6, 6.07) is 9.56. The topological polar surface area (TPSA) is 36.4 Å². The second kappa shape index (κ2) is 4.70. The van der Waals surface area contributed by atoms with Gasteiger partial charge in [-0.05, 0) is 30.3 Å². The summed E-state index contributed by atoms with van der Waals surface area (Å²) in [4.78, 5) is 20.1. The number of piperazine rings is 1. The number of nitrogens with zero attached hydrogens (tertiary/aromatic N) is 3. The second-order valence-corrected chi connectivity index (χ2v) is 5.18. The van der Waals surface area contributed by atoms with Gasteiger partial charge in [0.2, 0.25) is 5.91 Å². The number of carbonyl (C=O) groups excluding carboxylic acids is 1. The number of aromatic nitrogens is 1. The highest BCUT2D eigenvalue weighted by molar-refractivity contribution is 6.31. The van der Waals surface area contributed by atoms with Crippen molar-refractivity contribution in [3.63, 3.8) is 0 Å². The summed E-state index contributed by atoms with van der Waals surface area (Å²) in [5.74, 6) is 0.973. The Balaban J connectivity index is 1.93. The van der Waals surface area contributed by atoms with E-state index in [9.17, 15) is 4.79 Å².